The van der Waals surface area contributed by atoms with Crippen molar-refractivity contribution in [3.63, 3.8) is 0 Å². The van der Waals surface area contributed by atoms with Gasteiger partial charge in [0.05, 0.1) is 43.5 Å². The summed E-state index contributed by atoms with van der Waals surface area (Å²) in [6.07, 6.45) is 4.73. The summed E-state index contributed by atoms with van der Waals surface area (Å²) < 4.78 is 19.2. The number of aromatic hydroxyl groups is 1. The first-order valence-corrected chi connectivity index (χ1v) is 23.8. The third kappa shape index (κ3) is 11.3. The number of anilines is 1. The molecule has 3 N–H and O–H groups in total. The Hall–Kier alpha value is -4.11. The summed E-state index contributed by atoms with van der Waals surface area (Å²) in [5.74, 6) is 1.10. The van der Waals surface area contributed by atoms with E-state index < -0.39 is 8.32 Å². The molecule has 2 fully saturated rings. The van der Waals surface area contributed by atoms with Crippen molar-refractivity contribution in [2.45, 2.75) is 82.8 Å². The van der Waals surface area contributed by atoms with E-state index in [4.69, 9.17) is 13.9 Å². The molecule has 12 nitrogen and oxygen atoms in total. The van der Waals surface area contributed by atoms with E-state index in [1.54, 1.807) is 17.0 Å². The van der Waals surface area contributed by atoms with Crippen LogP contribution >= 0.6 is 0 Å². The quantitative estimate of drug-likeness (QED) is 0.0830. The first-order valence-electron chi connectivity index (χ1n) is 20.9. The van der Waals surface area contributed by atoms with E-state index in [2.05, 4.69) is 95.3 Å². The summed E-state index contributed by atoms with van der Waals surface area (Å²) in [4.78, 5) is 38.9. The molecule has 2 saturated heterocycles. The van der Waals surface area contributed by atoms with Gasteiger partial charge in [-0.3, -0.25) is 14.5 Å². The number of rotatable bonds is 17. The van der Waals surface area contributed by atoms with Crippen LogP contribution in [0, 0.1) is 0 Å². The molecular weight excluding hydrogens is 749 g/mol. The van der Waals surface area contributed by atoms with Crippen molar-refractivity contribution in [2.75, 3.05) is 77.6 Å². The number of fused-ring (bicyclic) bond motifs is 1. The average Bonchev–Trinajstić information content (AvgIpc) is 3.20. The maximum absolute atomic E-state index is 12.9. The largest absolute Gasteiger partial charge is 0.506 e. The molecule has 2 aromatic carbocycles. The van der Waals surface area contributed by atoms with Crippen LogP contribution in [0.4, 0.5) is 5.82 Å². The van der Waals surface area contributed by atoms with Crippen molar-refractivity contribution in [1.82, 2.24) is 25.1 Å². The molecule has 6 rings (SSSR count). The second-order valence-electron chi connectivity index (χ2n) is 17.5. The van der Waals surface area contributed by atoms with Gasteiger partial charge >= 0.3 is 0 Å². The second kappa shape index (κ2) is 19.3. The fraction of sp³-hybridized carbons (Fsp3) is 0.533. The molecule has 4 aromatic rings. The van der Waals surface area contributed by atoms with E-state index in [1.165, 1.54) is 17.2 Å². The zero-order valence-electron chi connectivity index (χ0n) is 35.4. The lowest BCUT2D eigenvalue weighted by Crippen LogP contribution is -2.57. The van der Waals surface area contributed by atoms with Crippen LogP contribution in [0.2, 0.25) is 18.1 Å². The Bertz CT molecular complexity index is 2000. The molecule has 0 unspecified atom stereocenters. The molecule has 0 aliphatic carbocycles. The number of nitrogens with one attached hydrogen (secondary N) is 2. The molecule has 1 atom stereocenters. The number of aromatic amines is 1. The minimum absolute atomic E-state index is 0.0135. The van der Waals surface area contributed by atoms with Crippen LogP contribution in [0.25, 0.3) is 10.9 Å². The standard InChI is InChI=1S/C45H64N6O6Si/c1-44(2,3)58(5,6)57-39(36-14-16-38(52)43-37(36)15-17-41(53)48-43)31-46-23-26-49(4)42(54)19-29-55-28-18-34-10-12-35(13-11-34)32-50-24-20-45(21-25-50)33-51(27-30-56-45)40-9-7-8-22-47-40/h7-17,22,39,46,52H,18-21,23-33H2,1-6H3,(H,48,53)/t39-/m0/s1. The number of pyridine rings is 2. The van der Waals surface area contributed by atoms with Crippen molar-refractivity contribution in [1.29, 1.82) is 0 Å². The van der Waals surface area contributed by atoms with Gasteiger partial charge in [0, 0.05) is 77.1 Å². The monoisotopic (exact) mass is 812 g/mol. The number of H-pyrrole nitrogens is 1. The Morgan fingerprint density at radius 2 is 1.79 bits per heavy atom. The highest BCUT2D eigenvalue weighted by Crippen LogP contribution is 2.41. The number of likely N-dealkylation sites (tertiary alicyclic amines) is 1. The molecule has 1 spiro atoms. The van der Waals surface area contributed by atoms with Crippen molar-refractivity contribution in [3.05, 3.63) is 100.0 Å². The number of nitrogens with zero attached hydrogens (tertiary/aromatic N) is 4. The van der Waals surface area contributed by atoms with Crippen LogP contribution in [-0.4, -0.2) is 117 Å². The van der Waals surface area contributed by atoms with Gasteiger partial charge in [-0.2, -0.15) is 0 Å². The lowest BCUT2D eigenvalue weighted by molar-refractivity contribution is -0.131. The number of phenolic OH excluding ortho intramolecular Hbond substituents is 1. The number of phenols is 1. The first-order chi connectivity index (χ1) is 27.7. The van der Waals surface area contributed by atoms with Crippen LogP contribution in [0.5, 0.6) is 5.75 Å². The molecule has 0 bridgehead atoms. The summed E-state index contributed by atoms with van der Waals surface area (Å²) in [6.45, 7) is 19.1. The number of amides is 1. The van der Waals surface area contributed by atoms with Crippen molar-refractivity contribution >= 4 is 30.9 Å². The highest BCUT2D eigenvalue weighted by molar-refractivity contribution is 6.74. The van der Waals surface area contributed by atoms with Gasteiger partial charge < -0.3 is 39.1 Å². The van der Waals surface area contributed by atoms with Crippen LogP contribution in [0.1, 0.15) is 62.8 Å². The molecule has 2 aliphatic rings. The van der Waals surface area contributed by atoms with Gasteiger partial charge in [0.2, 0.25) is 11.5 Å². The summed E-state index contributed by atoms with van der Waals surface area (Å²) in [5, 5.41) is 14.7. The molecule has 13 heteroatoms. The zero-order valence-corrected chi connectivity index (χ0v) is 36.4. The van der Waals surface area contributed by atoms with Crippen molar-refractivity contribution < 1.29 is 23.8 Å². The normalized spacial score (nSPS) is 16.8. The molecular formula is C45H64N6O6Si. The number of morpholine rings is 1. The highest BCUT2D eigenvalue weighted by atomic mass is 28.4. The van der Waals surface area contributed by atoms with E-state index in [-0.39, 0.29) is 34.0 Å². The fourth-order valence-corrected chi connectivity index (χ4v) is 8.88. The summed E-state index contributed by atoms with van der Waals surface area (Å²) in [6, 6.07) is 21.6. The Morgan fingerprint density at radius 3 is 2.52 bits per heavy atom. The number of piperidine rings is 1. The van der Waals surface area contributed by atoms with Gasteiger partial charge in [-0.1, -0.05) is 57.2 Å². The van der Waals surface area contributed by atoms with E-state index in [0.29, 0.717) is 44.8 Å². The number of hydrogen-bond donors (Lipinski definition) is 3. The molecule has 0 saturated carbocycles. The van der Waals surface area contributed by atoms with Crippen molar-refractivity contribution in [3.8, 4) is 5.75 Å². The maximum Gasteiger partial charge on any atom is 0.248 e. The van der Waals surface area contributed by atoms with E-state index in [1.807, 2.05) is 25.4 Å². The van der Waals surface area contributed by atoms with Gasteiger partial charge in [-0.05, 0) is 78.4 Å². The minimum Gasteiger partial charge on any atom is -0.506 e. The second-order valence-corrected chi connectivity index (χ2v) is 22.3. The number of hydrogen-bond acceptors (Lipinski definition) is 10. The number of likely N-dealkylation sites (N-methyl/N-ethyl adjacent to an activating group) is 1. The number of ether oxygens (including phenoxy) is 2. The molecule has 58 heavy (non-hydrogen) atoms. The van der Waals surface area contributed by atoms with Gasteiger partial charge in [0.15, 0.2) is 8.32 Å². The molecule has 1 amide bonds. The summed E-state index contributed by atoms with van der Waals surface area (Å²) in [7, 11) is -0.372. The topological polar surface area (TPSA) is 132 Å². The van der Waals surface area contributed by atoms with E-state index in [0.717, 1.165) is 75.4 Å². The maximum atomic E-state index is 12.9. The number of aromatic nitrogens is 2. The highest BCUT2D eigenvalue weighted by Gasteiger charge is 2.41. The molecule has 4 heterocycles. The Kier molecular flexibility index (Phi) is 14.5. The van der Waals surface area contributed by atoms with E-state index >= 15 is 0 Å². The number of benzene rings is 2. The number of carbonyl (C=O) groups is 1. The Balaban J connectivity index is 0.882. The molecule has 2 aliphatic heterocycles. The summed E-state index contributed by atoms with van der Waals surface area (Å²) in [5.41, 5.74) is 3.48. The predicted octanol–water partition coefficient (Wildman–Crippen LogP) is 6.26. The Labute approximate surface area is 345 Å². The number of carbonyl (C=O) groups excluding carboxylic acids is 1. The predicted molar refractivity (Wildman–Crippen MR) is 233 cm³/mol. The third-order valence-electron chi connectivity index (χ3n) is 12.3. The lowest BCUT2D eigenvalue weighted by atomic mass is 9.89. The molecule has 2 aromatic heterocycles. The lowest BCUT2D eigenvalue weighted by Gasteiger charge is -2.47. The first kappa shape index (κ1) is 43.5. The van der Waals surface area contributed by atoms with Gasteiger partial charge in [0.25, 0.3) is 0 Å². The fourth-order valence-electron chi connectivity index (χ4n) is 7.61. The Morgan fingerprint density at radius 1 is 1.03 bits per heavy atom. The van der Waals surface area contributed by atoms with Crippen LogP contribution in [-0.2, 0) is 31.7 Å². The van der Waals surface area contributed by atoms with Gasteiger partial charge in [0.1, 0.15) is 11.6 Å². The molecule has 0 radical (unpaired) electrons. The SMILES string of the molecule is CN(CCNC[C@H](O[Si](C)(C)C(C)(C)C)c1ccc(O)c2[nH]c(=O)ccc12)C(=O)CCOCCc1ccc(CN2CCC3(CC2)CN(c2ccccn2)CCO3)cc1. The third-order valence-corrected chi connectivity index (χ3v) is 16.8. The van der Waals surface area contributed by atoms with E-state index in [9.17, 15) is 14.7 Å². The minimum atomic E-state index is -2.19. The smallest absolute Gasteiger partial charge is 0.248 e. The zero-order chi connectivity index (χ0) is 41.3. The average molecular weight is 813 g/mol. The van der Waals surface area contributed by atoms with Gasteiger partial charge in [-0.15, -0.1) is 0 Å². The summed E-state index contributed by atoms with van der Waals surface area (Å²) >= 11 is 0. The van der Waals surface area contributed by atoms with Gasteiger partial charge in [-0.25, -0.2) is 4.98 Å². The molecule has 314 valence electrons. The van der Waals surface area contributed by atoms with Crippen LogP contribution in [0.15, 0.2) is 77.7 Å². The van der Waals surface area contributed by atoms with Crippen molar-refractivity contribution in [2.24, 2.45) is 0 Å². The van der Waals surface area contributed by atoms with Crippen LogP contribution in [0.3, 0.4) is 0 Å². The van der Waals surface area contributed by atoms with Crippen LogP contribution < -0.4 is 15.8 Å².